The first-order valence-electron chi connectivity index (χ1n) is 7.82. The van der Waals surface area contributed by atoms with E-state index < -0.39 is 0 Å². The molecule has 6 heteroatoms. The van der Waals surface area contributed by atoms with Gasteiger partial charge in [0.2, 0.25) is 11.9 Å². The predicted octanol–water partition coefficient (Wildman–Crippen LogP) is 0.879. The molecular weight excluding hydrogens is 266 g/mol. The summed E-state index contributed by atoms with van der Waals surface area (Å²) >= 11 is 0. The van der Waals surface area contributed by atoms with Gasteiger partial charge >= 0.3 is 0 Å². The van der Waals surface area contributed by atoms with Gasteiger partial charge in [0.25, 0.3) is 0 Å². The van der Waals surface area contributed by atoms with Gasteiger partial charge < -0.3 is 5.32 Å². The fourth-order valence-electron chi connectivity index (χ4n) is 2.82. The Labute approximate surface area is 125 Å². The van der Waals surface area contributed by atoms with Crippen LogP contribution in [-0.2, 0) is 4.79 Å². The van der Waals surface area contributed by atoms with Crippen molar-refractivity contribution in [1.82, 2.24) is 20.2 Å². The lowest BCUT2D eigenvalue weighted by atomic mass is 10.2. The van der Waals surface area contributed by atoms with Gasteiger partial charge in [-0.3, -0.25) is 15.0 Å². The topological polar surface area (TPSA) is 70.2 Å². The molecule has 1 saturated heterocycles. The summed E-state index contributed by atoms with van der Waals surface area (Å²) in [5.74, 6) is 1.14. The minimum Gasteiger partial charge on any atom is -0.313 e. The van der Waals surface area contributed by atoms with E-state index in [9.17, 15) is 4.79 Å². The van der Waals surface area contributed by atoms with E-state index in [2.05, 4.69) is 25.5 Å². The lowest BCUT2D eigenvalue weighted by Gasteiger charge is -2.24. The van der Waals surface area contributed by atoms with Crippen molar-refractivity contribution in [2.24, 2.45) is 5.92 Å². The summed E-state index contributed by atoms with van der Waals surface area (Å²) in [6.07, 6.45) is 8.33. The van der Waals surface area contributed by atoms with Gasteiger partial charge in [0, 0.05) is 31.5 Å². The van der Waals surface area contributed by atoms with Crippen molar-refractivity contribution in [3.8, 4) is 0 Å². The maximum atomic E-state index is 12.1. The maximum absolute atomic E-state index is 12.1. The normalized spacial score (nSPS) is 21.7. The molecule has 1 aromatic rings. The Bertz CT molecular complexity index is 456. The van der Waals surface area contributed by atoms with Crippen LogP contribution in [0.25, 0.3) is 0 Å². The molecule has 1 atom stereocenters. The number of carbonyl (C=O) groups is 1. The van der Waals surface area contributed by atoms with Gasteiger partial charge in [-0.1, -0.05) is 0 Å². The number of anilines is 1. The van der Waals surface area contributed by atoms with Crippen molar-refractivity contribution in [2.45, 2.75) is 31.7 Å². The molecule has 21 heavy (non-hydrogen) atoms. The number of rotatable bonds is 7. The fraction of sp³-hybridized carbons (Fsp3) is 0.667. The lowest BCUT2D eigenvalue weighted by Crippen LogP contribution is -2.42. The van der Waals surface area contributed by atoms with Crippen LogP contribution < -0.4 is 10.6 Å². The molecule has 3 rings (SSSR count). The summed E-state index contributed by atoms with van der Waals surface area (Å²) in [4.78, 5) is 22.5. The van der Waals surface area contributed by atoms with E-state index in [1.54, 1.807) is 18.5 Å². The second kappa shape index (κ2) is 6.95. The summed E-state index contributed by atoms with van der Waals surface area (Å²) in [5, 5.41) is 6.27. The van der Waals surface area contributed by atoms with Crippen LogP contribution in [-0.4, -0.2) is 53.0 Å². The maximum Gasteiger partial charge on any atom is 0.240 e. The van der Waals surface area contributed by atoms with Gasteiger partial charge in [-0.25, -0.2) is 9.97 Å². The van der Waals surface area contributed by atoms with Crippen LogP contribution >= 0.6 is 0 Å². The van der Waals surface area contributed by atoms with E-state index in [0.717, 1.165) is 25.6 Å². The first-order chi connectivity index (χ1) is 10.3. The Morgan fingerprint density at radius 2 is 2.10 bits per heavy atom. The minimum absolute atomic E-state index is 0.0279. The molecule has 1 aliphatic carbocycles. The van der Waals surface area contributed by atoms with Gasteiger partial charge in [-0.05, 0) is 44.2 Å². The third kappa shape index (κ3) is 4.75. The summed E-state index contributed by atoms with van der Waals surface area (Å²) in [6.45, 7) is 3.51. The molecule has 1 unspecified atom stereocenters. The van der Waals surface area contributed by atoms with E-state index in [1.165, 1.54) is 25.7 Å². The Hall–Kier alpha value is -1.53. The van der Waals surface area contributed by atoms with Crippen molar-refractivity contribution in [3.63, 3.8) is 0 Å². The molecule has 1 aliphatic heterocycles. The molecule has 114 valence electrons. The van der Waals surface area contributed by atoms with Gasteiger partial charge in [-0.15, -0.1) is 0 Å². The molecule has 2 heterocycles. The van der Waals surface area contributed by atoms with Gasteiger partial charge in [-0.2, -0.15) is 0 Å². The number of amides is 1. The second-order valence-corrected chi connectivity index (χ2v) is 6.05. The number of hydrogen-bond acceptors (Lipinski definition) is 5. The van der Waals surface area contributed by atoms with E-state index in [4.69, 9.17) is 0 Å². The molecule has 0 radical (unpaired) electrons. The first kappa shape index (κ1) is 14.4. The monoisotopic (exact) mass is 289 g/mol. The van der Waals surface area contributed by atoms with Crippen molar-refractivity contribution >= 4 is 11.9 Å². The van der Waals surface area contributed by atoms with Gasteiger partial charge in [0.15, 0.2) is 0 Å². The second-order valence-electron chi connectivity index (χ2n) is 6.05. The smallest absolute Gasteiger partial charge is 0.240 e. The van der Waals surface area contributed by atoms with Crippen molar-refractivity contribution in [1.29, 1.82) is 0 Å². The molecule has 1 aromatic heterocycles. The van der Waals surface area contributed by atoms with Crippen molar-refractivity contribution < 1.29 is 4.79 Å². The minimum atomic E-state index is -0.0279. The predicted molar refractivity (Wildman–Crippen MR) is 80.9 cm³/mol. The standard InChI is InChI=1S/C15H23N5O/c21-14(19-15-17-7-2-8-18-15)11-20(9-12-4-5-12)10-13-3-1-6-16-13/h2,7-8,12-13,16H,1,3-6,9-11H2,(H,17,18,19,21). The van der Waals surface area contributed by atoms with Crippen molar-refractivity contribution in [2.75, 3.05) is 31.5 Å². The van der Waals surface area contributed by atoms with Crippen LogP contribution in [0.5, 0.6) is 0 Å². The molecule has 0 spiro atoms. The lowest BCUT2D eigenvalue weighted by molar-refractivity contribution is -0.117. The van der Waals surface area contributed by atoms with E-state index in [0.29, 0.717) is 18.5 Å². The summed E-state index contributed by atoms with van der Waals surface area (Å²) in [7, 11) is 0. The Kier molecular flexibility index (Phi) is 4.77. The highest BCUT2D eigenvalue weighted by Gasteiger charge is 2.27. The van der Waals surface area contributed by atoms with Gasteiger partial charge in [0.1, 0.15) is 0 Å². The zero-order valence-electron chi connectivity index (χ0n) is 12.3. The van der Waals surface area contributed by atoms with Crippen LogP contribution in [0.2, 0.25) is 0 Å². The highest BCUT2D eigenvalue weighted by atomic mass is 16.2. The van der Waals surface area contributed by atoms with Crippen LogP contribution in [0.1, 0.15) is 25.7 Å². The molecule has 0 aromatic carbocycles. The highest BCUT2D eigenvalue weighted by molar-refractivity contribution is 5.90. The van der Waals surface area contributed by atoms with Gasteiger partial charge in [0.05, 0.1) is 6.54 Å². The highest BCUT2D eigenvalue weighted by Crippen LogP contribution is 2.29. The van der Waals surface area contributed by atoms with Crippen LogP contribution in [0.15, 0.2) is 18.5 Å². The summed E-state index contributed by atoms with van der Waals surface area (Å²) in [6, 6.07) is 2.27. The van der Waals surface area contributed by atoms with E-state index in [-0.39, 0.29) is 5.91 Å². The summed E-state index contributed by atoms with van der Waals surface area (Å²) < 4.78 is 0. The molecule has 2 N–H and O–H groups in total. The quantitative estimate of drug-likeness (QED) is 0.780. The molecular formula is C15H23N5O. The van der Waals surface area contributed by atoms with E-state index in [1.807, 2.05) is 0 Å². The SMILES string of the molecule is O=C(CN(CC1CC1)CC1CCCN1)Nc1ncccn1. The zero-order valence-corrected chi connectivity index (χ0v) is 12.3. The van der Waals surface area contributed by atoms with Crippen LogP contribution in [0, 0.1) is 5.92 Å². The number of hydrogen-bond donors (Lipinski definition) is 2. The average molecular weight is 289 g/mol. The molecule has 1 saturated carbocycles. The molecule has 0 bridgehead atoms. The molecule has 2 aliphatic rings. The third-order valence-electron chi connectivity index (χ3n) is 4.04. The fourth-order valence-corrected chi connectivity index (χ4v) is 2.82. The molecule has 1 amide bonds. The zero-order chi connectivity index (χ0) is 14.5. The van der Waals surface area contributed by atoms with Crippen LogP contribution in [0.3, 0.4) is 0 Å². The van der Waals surface area contributed by atoms with Crippen molar-refractivity contribution in [3.05, 3.63) is 18.5 Å². The largest absolute Gasteiger partial charge is 0.313 e. The third-order valence-corrected chi connectivity index (χ3v) is 4.04. The Morgan fingerprint density at radius 3 is 2.76 bits per heavy atom. The molecule has 6 nitrogen and oxygen atoms in total. The molecule has 2 fully saturated rings. The van der Waals surface area contributed by atoms with Crippen LogP contribution in [0.4, 0.5) is 5.95 Å². The Morgan fingerprint density at radius 1 is 1.29 bits per heavy atom. The Balaban J connectivity index is 1.51. The first-order valence-corrected chi connectivity index (χ1v) is 7.82. The summed E-state index contributed by atoms with van der Waals surface area (Å²) in [5.41, 5.74) is 0. The van der Waals surface area contributed by atoms with E-state index >= 15 is 0 Å². The number of nitrogens with one attached hydrogen (secondary N) is 2. The number of carbonyl (C=O) groups excluding carboxylic acids is 1. The average Bonchev–Trinajstić information content (AvgIpc) is 3.13. The number of aromatic nitrogens is 2. The number of nitrogens with zero attached hydrogens (tertiary/aromatic N) is 3.